The molecule has 1 aliphatic heterocycles. The van der Waals surface area contributed by atoms with Crippen molar-refractivity contribution in [1.29, 1.82) is 0 Å². The zero-order chi connectivity index (χ0) is 30.1. The minimum atomic E-state index is -3.31. The van der Waals surface area contributed by atoms with Crippen LogP contribution in [0.5, 0.6) is 0 Å². The van der Waals surface area contributed by atoms with Gasteiger partial charge in [0.15, 0.2) is 9.84 Å². The molecule has 0 saturated heterocycles. The van der Waals surface area contributed by atoms with Crippen LogP contribution >= 0.6 is 11.8 Å². The summed E-state index contributed by atoms with van der Waals surface area (Å²) in [6.07, 6.45) is 5.68. The highest BCUT2D eigenvalue weighted by molar-refractivity contribution is 7.99. The summed E-state index contributed by atoms with van der Waals surface area (Å²) in [7, 11) is -3.31. The summed E-state index contributed by atoms with van der Waals surface area (Å²) in [6.45, 7) is 2.22. The maximum Gasteiger partial charge on any atom is 0.175 e. The molecule has 2 heterocycles. The van der Waals surface area contributed by atoms with Gasteiger partial charge in [0.25, 0.3) is 0 Å². The molecule has 8 rings (SSSR count). The fourth-order valence-electron chi connectivity index (χ4n) is 5.96. The highest BCUT2D eigenvalue weighted by Crippen LogP contribution is 2.52. The van der Waals surface area contributed by atoms with Crippen LogP contribution in [-0.4, -0.2) is 19.7 Å². The second-order valence-corrected chi connectivity index (χ2v) is 14.7. The first kappa shape index (κ1) is 26.9. The first-order chi connectivity index (χ1) is 21.3. The molecule has 0 unspecified atom stereocenters. The number of aromatic nitrogens is 1. The Morgan fingerprint density at radius 3 is 1.89 bits per heavy atom. The van der Waals surface area contributed by atoms with Crippen molar-refractivity contribution < 1.29 is 8.42 Å². The Labute approximate surface area is 261 Å². The van der Waals surface area contributed by atoms with Crippen molar-refractivity contribution >= 4 is 49.6 Å². The van der Waals surface area contributed by atoms with Crippen molar-refractivity contribution in [1.82, 2.24) is 4.98 Å². The van der Waals surface area contributed by atoms with E-state index in [9.17, 15) is 8.42 Å². The van der Waals surface area contributed by atoms with E-state index in [-0.39, 0.29) is 5.41 Å². The van der Waals surface area contributed by atoms with E-state index in [4.69, 9.17) is 4.98 Å². The zero-order valence-electron chi connectivity index (χ0n) is 24.2. The van der Waals surface area contributed by atoms with E-state index in [2.05, 4.69) is 121 Å². The number of sulfone groups is 1. The summed E-state index contributed by atoms with van der Waals surface area (Å²) in [5.74, 6) is 0. The molecule has 2 aliphatic rings. The Bertz CT molecular complexity index is 2190. The third kappa shape index (κ3) is 4.53. The van der Waals surface area contributed by atoms with E-state index in [1.165, 1.54) is 21.6 Å². The van der Waals surface area contributed by atoms with Gasteiger partial charge >= 0.3 is 0 Å². The molecule has 1 aliphatic carbocycles. The monoisotopic (exact) mass is 608 g/mol. The van der Waals surface area contributed by atoms with Gasteiger partial charge in [-0.05, 0) is 72.1 Å². The van der Waals surface area contributed by atoms with Gasteiger partial charge in [0.05, 0.1) is 33.2 Å². The van der Waals surface area contributed by atoms with E-state index >= 15 is 0 Å². The van der Waals surface area contributed by atoms with Gasteiger partial charge in [-0.3, -0.25) is 0 Å². The number of allylic oxidation sites excluding steroid dienone is 2. The van der Waals surface area contributed by atoms with Crippen LogP contribution in [0.25, 0.3) is 33.3 Å². The maximum atomic E-state index is 12.2. The molecule has 5 aromatic carbocycles. The van der Waals surface area contributed by atoms with Crippen LogP contribution in [0, 0.1) is 0 Å². The number of rotatable bonds is 5. The third-order valence-electron chi connectivity index (χ3n) is 8.55. The first-order valence-corrected chi connectivity index (χ1v) is 17.2. The minimum Gasteiger partial charge on any atom is -0.306 e. The largest absolute Gasteiger partial charge is 0.306 e. The minimum absolute atomic E-state index is 0.0472. The number of benzene rings is 5. The van der Waals surface area contributed by atoms with Crippen LogP contribution in [0.1, 0.15) is 12.5 Å². The average molecular weight is 609 g/mol. The number of anilines is 3. The SMILES string of the molecule is CC1(c2ccc(-c3cc(-c4ccc(S(C)(=O)=O)cc4)nc4c(N5c6ccccc6Sc6ccccc65)cccc34)cc2)C=C1. The normalized spacial score (nSPS) is 14.7. The van der Waals surface area contributed by atoms with Crippen LogP contribution in [0.2, 0.25) is 0 Å². The molecule has 0 fully saturated rings. The van der Waals surface area contributed by atoms with E-state index in [0.29, 0.717) is 4.90 Å². The average Bonchev–Trinajstić information content (AvgIpc) is 3.81. The molecular formula is C38H28N2O2S2. The fourth-order valence-corrected chi connectivity index (χ4v) is 7.65. The Balaban J connectivity index is 1.38. The van der Waals surface area contributed by atoms with Gasteiger partial charge in [-0.2, -0.15) is 0 Å². The van der Waals surface area contributed by atoms with Crippen molar-refractivity contribution in [3.05, 3.63) is 139 Å². The van der Waals surface area contributed by atoms with E-state index in [1.54, 1.807) is 23.9 Å². The summed E-state index contributed by atoms with van der Waals surface area (Å²) >= 11 is 1.78. The van der Waals surface area contributed by atoms with Crippen molar-refractivity contribution in [2.24, 2.45) is 0 Å². The van der Waals surface area contributed by atoms with Crippen molar-refractivity contribution in [3.63, 3.8) is 0 Å². The Morgan fingerprint density at radius 2 is 1.27 bits per heavy atom. The second kappa shape index (κ2) is 9.94. The van der Waals surface area contributed by atoms with Crippen LogP contribution in [0.3, 0.4) is 0 Å². The summed E-state index contributed by atoms with van der Waals surface area (Å²) < 4.78 is 24.4. The van der Waals surface area contributed by atoms with E-state index in [1.807, 2.05) is 12.1 Å². The lowest BCUT2D eigenvalue weighted by molar-refractivity contribution is 0.602. The number of pyridine rings is 1. The molecule has 6 heteroatoms. The molecule has 4 nitrogen and oxygen atoms in total. The second-order valence-electron chi connectivity index (χ2n) is 11.6. The van der Waals surface area contributed by atoms with Crippen molar-refractivity contribution in [3.8, 4) is 22.4 Å². The van der Waals surface area contributed by atoms with Gasteiger partial charge in [-0.25, -0.2) is 13.4 Å². The molecule has 6 aromatic rings. The molecule has 1 aromatic heterocycles. The Kier molecular flexibility index (Phi) is 6.09. The lowest BCUT2D eigenvalue weighted by Gasteiger charge is -2.33. The molecule has 0 saturated carbocycles. The summed E-state index contributed by atoms with van der Waals surface area (Å²) in [5, 5.41) is 1.05. The Hall–Kier alpha value is -4.65. The summed E-state index contributed by atoms with van der Waals surface area (Å²) in [6, 6.07) is 41.3. The van der Waals surface area contributed by atoms with Gasteiger partial charge < -0.3 is 4.90 Å². The molecule has 0 spiro atoms. The number of fused-ring (bicyclic) bond motifs is 3. The van der Waals surface area contributed by atoms with Gasteiger partial charge in [0, 0.05) is 32.4 Å². The third-order valence-corrected chi connectivity index (χ3v) is 10.8. The molecule has 0 amide bonds. The lowest BCUT2D eigenvalue weighted by Crippen LogP contribution is -2.15. The van der Waals surface area contributed by atoms with Crippen LogP contribution in [-0.2, 0) is 15.3 Å². The van der Waals surface area contributed by atoms with Crippen molar-refractivity contribution in [2.75, 3.05) is 11.2 Å². The number of nitrogens with zero attached hydrogens (tertiary/aromatic N) is 2. The highest BCUT2D eigenvalue weighted by Gasteiger charge is 2.30. The summed E-state index contributed by atoms with van der Waals surface area (Å²) in [5.41, 5.74) is 9.24. The van der Waals surface area contributed by atoms with Gasteiger partial charge in [-0.1, -0.05) is 96.7 Å². The molecule has 44 heavy (non-hydrogen) atoms. The molecule has 0 radical (unpaired) electrons. The topological polar surface area (TPSA) is 50.3 Å². The summed E-state index contributed by atoms with van der Waals surface area (Å²) in [4.78, 5) is 10.3. The number of hydrogen-bond donors (Lipinski definition) is 0. The van der Waals surface area contributed by atoms with Gasteiger partial charge in [0.2, 0.25) is 0 Å². The number of para-hydroxylation sites is 3. The quantitative estimate of drug-likeness (QED) is 0.182. The predicted molar refractivity (Wildman–Crippen MR) is 181 cm³/mol. The lowest BCUT2D eigenvalue weighted by atomic mass is 9.92. The standard InChI is InChI=1S/C38H28N2O2S2/c1-38(22-23-38)27-18-14-25(15-19-27)30-24-31(26-16-20-28(21-17-26)44(2,41)42)39-37-29(30)8-7-11-34(37)40-32-9-3-5-12-35(32)43-36-13-6-4-10-33(36)40/h3-24H,1-2H3. The van der Waals surface area contributed by atoms with Gasteiger partial charge in [-0.15, -0.1) is 0 Å². The first-order valence-electron chi connectivity index (χ1n) is 14.5. The van der Waals surface area contributed by atoms with E-state index < -0.39 is 9.84 Å². The maximum absolute atomic E-state index is 12.2. The van der Waals surface area contributed by atoms with Crippen LogP contribution in [0.15, 0.2) is 148 Å². The van der Waals surface area contributed by atoms with E-state index in [0.717, 1.165) is 50.3 Å². The smallest absolute Gasteiger partial charge is 0.175 e. The number of hydrogen-bond acceptors (Lipinski definition) is 5. The Morgan fingerprint density at radius 1 is 0.682 bits per heavy atom. The van der Waals surface area contributed by atoms with Crippen LogP contribution in [0.4, 0.5) is 17.1 Å². The van der Waals surface area contributed by atoms with Crippen LogP contribution < -0.4 is 4.90 Å². The zero-order valence-corrected chi connectivity index (χ0v) is 25.9. The highest BCUT2D eigenvalue weighted by atomic mass is 32.2. The predicted octanol–water partition coefficient (Wildman–Crippen LogP) is 9.73. The molecule has 0 bridgehead atoms. The fraction of sp³-hybridized carbons (Fsp3) is 0.0789. The molecule has 214 valence electrons. The molecular weight excluding hydrogens is 581 g/mol. The van der Waals surface area contributed by atoms with Crippen molar-refractivity contribution in [2.45, 2.75) is 27.0 Å². The molecule has 0 N–H and O–H groups in total. The van der Waals surface area contributed by atoms with Gasteiger partial charge in [0.1, 0.15) is 0 Å². The molecule has 0 atom stereocenters.